The number of carbonyl (C=O) groups is 1. The van der Waals surface area contributed by atoms with Gasteiger partial charge < -0.3 is 10.2 Å². The Morgan fingerprint density at radius 1 is 1.12 bits per heavy atom. The molecule has 5 heteroatoms. The molecule has 0 aliphatic carbocycles. The fourth-order valence-electron chi connectivity index (χ4n) is 3.06. The van der Waals surface area contributed by atoms with Gasteiger partial charge in [-0.2, -0.15) is 0 Å². The lowest BCUT2D eigenvalue weighted by Crippen LogP contribution is -2.34. The molecule has 2 atom stereocenters. The number of rotatable bonds is 5. The van der Waals surface area contributed by atoms with Gasteiger partial charge in [-0.3, -0.25) is 10.2 Å². The van der Waals surface area contributed by atoms with Crippen LogP contribution in [-0.2, 0) is 11.3 Å². The van der Waals surface area contributed by atoms with E-state index in [1.807, 2.05) is 14.1 Å². The third-order valence-corrected chi connectivity index (χ3v) is 4.67. The molecule has 1 aliphatic rings. The van der Waals surface area contributed by atoms with Crippen LogP contribution >= 0.6 is 0 Å². The van der Waals surface area contributed by atoms with Crippen molar-refractivity contribution in [2.45, 2.75) is 19.5 Å². The van der Waals surface area contributed by atoms with Crippen molar-refractivity contribution >= 4 is 11.6 Å². The third kappa shape index (κ3) is 4.18. The van der Waals surface area contributed by atoms with E-state index in [9.17, 15) is 4.79 Å². The summed E-state index contributed by atoms with van der Waals surface area (Å²) in [6.45, 7) is 3.24. The molecule has 1 heterocycles. The number of anilines is 1. The zero-order chi connectivity index (χ0) is 17.8. The van der Waals surface area contributed by atoms with Crippen LogP contribution in [0.4, 0.5) is 5.69 Å². The molecule has 3 N–H and O–H groups in total. The first-order valence-corrected chi connectivity index (χ1v) is 8.63. The molecule has 5 nitrogen and oxygen atoms in total. The molecule has 3 rings (SSSR count). The highest BCUT2D eigenvalue weighted by Gasteiger charge is 2.33. The molecule has 1 aliphatic heterocycles. The number of hydrogen-bond acceptors (Lipinski definition) is 4. The Morgan fingerprint density at radius 3 is 2.44 bits per heavy atom. The Morgan fingerprint density at radius 2 is 1.80 bits per heavy atom. The second-order valence-electron chi connectivity index (χ2n) is 6.80. The van der Waals surface area contributed by atoms with Crippen LogP contribution in [0.15, 0.2) is 48.5 Å². The van der Waals surface area contributed by atoms with Crippen LogP contribution in [0.3, 0.4) is 0 Å². The molecule has 132 valence electrons. The summed E-state index contributed by atoms with van der Waals surface area (Å²) >= 11 is 0. The predicted octanol–water partition coefficient (Wildman–Crippen LogP) is 2.14. The Kier molecular flexibility index (Phi) is 5.36. The first-order chi connectivity index (χ1) is 12.0. The molecule has 1 fully saturated rings. The SMILES string of the molecule is Cc1ccc(C2NNCC2C(=O)NCc2ccc(N(C)C)cc2)cc1. The molecule has 2 aromatic carbocycles. The van der Waals surface area contributed by atoms with Crippen LogP contribution < -0.4 is 21.1 Å². The van der Waals surface area contributed by atoms with Crippen molar-refractivity contribution in [1.29, 1.82) is 0 Å². The second-order valence-corrected chi connectivity index (χ2v) is 6.80. The van der Waals surface area contributed by atoms with Crippen molar-refractivity contribution < 1.29 is 4.79 Å². The van der Waals surface area contributed by atoms with Gasteiger partial charge in [0.15, 0.2) is 0 Å². The highest BCUT2D eigenvalue weighted by atomic mass is 16.2. The van der Waals surface area contributed by atoms with Crippen LogP contribution in [0.2, 0.25) is 0 Å². The van der Waals surface area contributed by atoms with Crippen LogP contribution in [-0.4, -0.2) is 26.5 Å². The topological polar surface area (TPSA) is 56.4 Å². The average molecular weight is 338 g/mol. The standard InChI is InChI=1S/C20H26N4O/c1-14-4-8-16(9-5-14)19-18(13-22-23-19)20(25)21-12-15-6-10-17(11-7-15)24(2)3/h4-11,18-19,22-23H,12-13H2,1-3H3,(H,21,25). The van der Waals surface area contributed by atoms with Crippen LogP contribution in [0.5, 0.6) is 0 Å². The predicted molar refractivity (Wildman–Crippen MR) is 101 cm³/mol. The Labute approximate surface area is 149 Å². The Balaban J connectivity index is 1.61. The first kappa shape index (κ1) is 17.5. The lowest BCUT2D eigenvalue weighted by atomic mass is 9.93. The minimum atomic E-state index is -0.122. The molecule has 2 aromatic rings. The first-order valence-electron chi connectivity index (χ1n) is 8.63. The fraction of sp³-hybridized carbons (Fsp3) is 0.350. The number of amides is 1. The maximum absolute atomic E-state index is 12.6. The number of aryl methyl sites for hydroxylation is 1. The summed E-state index contributed by atoms with van der Waals surface area (Å²) in [6.07, 6.45) is 0. The minimum Gasteiger partial charge on any atom is -0.378 e. The molecular weight excluding hydrogens is 312 g/mol. The summed E-state index contributed by atoms with van der Waals surface area (Å²) in [4.78, 5) is 14.7. The number of hydrogen-bond donors (Lipinski definition) is 3. The Bertz CT molecular complexity index is 709. The summed E-state index contributed by atoms with van der Waals surface area (Å²) in [5.41, 5.74) is 10.9. The lowest BCUT2D eigenvalue weighted by molar-refractivity contribution is -0.125. The molecule has 1 amide bonds. The molecule has 0 bridgehead atoms. The molecule has 0 saturated carbocycles. The smallest absolute Gasteiger partial charge is 0.226 e. The van der Waals surface area contributed by atoms with E-state index in [1.165, 1.54) is 5.56 Å². The summed E-state index contributed by atoms with van der Waals surface area (Å²) < 4.78 is 0. The maximum Gasteiger partial charge on any atom is 0.226 e. The van der Waals surface area contributed by atoms with Crippen molar-refractivity contribution in [3.8, 4) is 0 Å². The van der Waals surface area contributed by atoms with Gasteiger partial charge in [-0.1, -0.05) is 42.0 Å². The minimum absolute atomic E-state index is 0.00304. The largest absolute Gasteiger partial charge is 0.378 e. The number of hydrazine groups is 1. The van der Waals surface area contributed by atoms with Crippen molar-refractivity contribution in [1.82, 2.24) is 16.2 Å². The van der Waals surface area contributed by atoms with Crippen molar-refractivity contribution in [3.05, 3.63) is 65.2 Å². The van der Waals surface area contributed by atoms with Crippen molar-refractivity contribution in [3.63, 3.8) is 0 Å². The van der Waals surface area contributed by atoms with Gasteiger partial charge in [-0.05, 0) is 30.2 Å². The molecule has 0 spiro atoms. The molecule has 25 heavy (non-hydrogen) atoms. The van der Waals surface area contributed by atoms with Crippen LogP contribution in [0.1, 0.15) is 22.7 Å². The van der Waals surface area contributed by atoms with Gasteiger partial charge in [0.1, 0.15) is 0 Å². The molecular formula is C20H26N4O. The van der Waals surface area contributed by atoms with Gasteiger partial charge in [0.05, 0.1) is 12.0 Å². The number of nitrogens with one attached hydrogen (secondary N) is 3. The highest BCUT2D eigenvalue weighted by Crippen LogP contribution is 2.25. The summed E-state index contributed by atoms with van der Waals surface area (Å²) in [7, 11) is 4.03. The van der Waals surface area contributed by atoms with Gasteiger partial charge in [0.25, 0.3) is 0 Å². The van der Waals surface area contributed by atoms with Crippen molar-refractivity contribution in [2.75, 3.05) is 25.5 Å². The lowest BCUT2D eigenvalue weighted by Gasteiger charge is -2.19. The van der Waals surface area contributed by atoms with Gasteiger partial charge in [0, 0.05) is 32.9 Å². The second kappa shape index (κ2) is 7.68. The quantitative estimate of drug-likeness (QED) is 0.782. The van der Waals surface area contributed by atoms with E-state index in [4.69, 9.17) is 0 Å². The van der Waals surface area contributed by atoms with Gasteiger partial charge in [0.2, 0.25) is 5.91 Å². The summed E-state index contributed by atoms with van der Waals surface area (Å²) in [6, 6.07) is 16.6. The summed E-state index contributed by atoms with van der Waals surface area (Å²) in [5, 5.41) is 3.07. The average Bonchev–Trinajstić information content (AvgIpc) is 3.10. The summed E-state index contributed by atoms with van der Waals surface area (Å²) in [5.74, 6) is -0.0523. The Hall–Kier alpha value is -2.37. The zero-order valence-electron chi connectivity index (χ0n) is 15.0. The van der Waals surface area contributed by atoms with Crippen LogP contribution in [0, 0.1) is 12.8 Å². The maximum atomic E-state index is 12.6. The fourth-order valence-corrected chi connectivity index (χ4v) is 3.06. The van der Waals surface area contributed by atoms with E-state index < -0.39 is 0 Å². The van der Waals surface area contributed by atoms with E-state index >= 15 is 0 Å². The van der Waals surface area contributed by atoms with Crippen LogP contribution in [0.25, 0.3) is 0 Å². The van der Waals surface area contributed by atoms with Gasteiger partial charge in [-0.25, -0.2) is 5.43 Å². The van der Waals surface area contributed by atoms with E-state index in [0.29, 0.717) is 13.1 Å². The molecule has 0 radical (unpaired) electrons. The molecule has 0 aromatic heterocycles. The molecule has 2 unspecified atom stereocenters. The monoisotopic (exact) mass is 338 g/mol. The number of benzene rings is 2. The van der Waals surface area contributed by atoms with E-state index in [-0.39, 0.29) is 17.9 Å². The number of carbonyl (C=O) groups excluding carboxylic acids is 1. The number of nitrogens with zero attached hydrogens (tertiary/aromatic N) is 1. The van der Waals surface area contributed by atoms with Crippen molar-refractivity contribution in [2.24, 2.45) is 5.92 Å². The normalized spacial score (nSPS) is 19.6. The molecule has 1 saturated heterocycles. The van der Waals surface area contributed by atoms with E-state index in [0.717, 1.165) is 16.8 Å². The zero-order valence-corrected chi connectivity index (χ0v) is 15.0. The van der Waals surface area contributed by atoms with E-state index in [2.05, 4.69) is 76.5 Å². The van der Waals surface area contributed by atoms with Gasteiger partial charge >= 0.3 is 0 Å². The highest BCUT2D eigenvalue weighted by molar-refractivity contribution is 5.80. The third-order valence-electron chi connectivity index (χ3n) is 4.67. The van der Waals surface area contributed by atoms with Gasteiger partial charge in [-0.15, -0.1) is 0 Å². The van der Waals surface area contributed by atoms with E-state index in [1.54, 1.807) is 0 Å².